The Kier molecular flexibility index (Phi) is 2.41. The lowest BCUT2D eigenvalue weighted by atomic mass is 9.95. The molecule has 1 heterocycles. The van der Waals surface area contributed by atoms with Gasteiger partial charge in [-0.25, -0.2) is 4.98 Å². The number of carbonyl (C=O) groups excluding carboxylic acids is 1. The highest BCUT2D eigenvalue weighted by molar-refractivity contribution is 6.00. The smallest absolute Gasteiger partial charge is 0.222 e. The molecule has 4 heteroatoms. The molecule has 1 aromatic carbocycles. The molecule has 0 N–H and O–H groups in total. The van der Waals surface area contributed by atoms with Crippen molar-refractivity contribution in [3.05, 3.63) is 60.1 Å². The Balaban J connectivity index is 2.07. The molecule has 0 aliphatic heterocycles. The number of hydrogen-bond acceptors (Lipinski definition) is 3. The van der Waals surface area contributed by atoms with E-state index in [1.165, 1.54) is 6.08 Å². The highest BCUT2D eigenvalue weighted by atomic mass is 16.3. The lowest BCUT2D eigenvalue weighted by Gasteiger charge is -2.12. The van der Waals surface area contributed by atoms with E-state index in [-0.39, 0.29) is 0 Å². The summed E-state index contributed by atoms with van der Waals surface area (Å²) in [6.45, 7) is 0. The average molecular weight is 237 g/mol. The first-order valence-corrected chi connectivity index (χ1v) is 5.57. The Hall–Kier alpha value is -2.49. The van der Waals surface area contributed by atoms with Crippen LogP contribution in [-0.4, -0.2) is 15.8 Å². The predicted octanol–water partition coefficient (Wildman–Crippen LogP) is 2.17. The fraction of sp³-hybridized carbons (Fsp3) is 0.0714. The molecule has 1 aliphatic rings. The van der Waals surface area contributed by atoms with Crippen LogP contribution in [-0.2, 0) is 9.90 Å². The number of allylic oxidation sites excluding steroid dienone is 4. The quantitative estimate of drug-likeness (QED) is 0.763. The number of hydrogen-bond donors (Lipinski definition) is 0. The van der Waals surface area contributed by atoms with Crippen molar-refractivity contribution in [3.63, 3.8) is 0 Å². The molecule has 4 nitrogen and oxygen atoms in total. The van der Waals surface area contributed by atoms with Crippen LogP contribution in [0.25, 0.3) is 11.0 Å². The third-order valence-electron chi connectivity index (χ3n) is 2.86. The maximum atomic E-state index is 11.8. The summed E-state index contributed by atoms with van der Waals surface area (Å²) in [5.41, 5.74) is 2.00. The van der Waals surface area contributed by atoms with Crippen molar-refractivity contribution >= 4 is 16.8 Å². The number of para-hydroxylation sites is 2. The molecule has 0 saturated carbocycles. The van der Waals surface area contributed by atoms with Crippen LogP contribution in [0.1, 0.15) is 11.6 Å². The molecule has 1 atom stereocenters. The van der Waals surface area contributed by atoms with Crippen LogP contribution in [0.4, 0.5) is 0 Å². The number of rotatable bonds is 1. The van der Waals surface area contributed by atoms with Crippen LogP contribution < -0.4 is 0 Å². The van der Waals surface area contributed by atoms with Crippen LogP contribution in [0.5, 0.6) is 0 Å². The van der Waals surface area contributed by atoms with Gasteiger partial charge in [-0.05, 0) is 18.2 Å². The molecule has 0 spiro atoms. The Morgan fingerprint density at radius 2 is 1.89 bits per heavy atom. The SMILES string of the molecule is [O]C1=CC=CC(c2cnc3ccccc3n2)C1=O. The lowest BCUT2D eigenvalue weighted by molar-refractivity contribution is -0.119. The Morgan fingerprint density at radius 3 is 2.72 bits per heavy atom. The van der Waals surface area contributed by atoms with Gasteiger partial charge in [0.05, 0.1) is 28.8 Å². The van der Waals surface area contributed by atoms with Gasteiger partial charge in [0.15, 0.2) is 0 Å². The molecule has 0 fully saturated rings. The van der Waals surface area contributed by atoms with Crippen LogP contribution in [0.15, 0.2) is 54.4 Å². The summed E-state index contributed by atoms with van der Waals surface area (Å²) >= 11 is 0. The van der Waals surface area contributed by atoms with Crippen LogP contribution in [0.3, 0.4) is 0 Å². The number of ketones is 1. The molecule has 18 heavy (non-hydrogen) atoms. The standard InChI is InChI=1S/C14H9N2O2/c17-13-7-3-4-9(14(13)18)12-8-15-10-5-1-2-6-11(10)16-12/h1-9H. The van der Waals surface area contributed by atoms with E-state index >= 15 is 0 Å². The second kappa shape index (κ2) is 4.07. The molecular weight excluding hydrogens is 228 g/mol. The maximum Gasteiger partial charge on any atom is 0.222 e. The Bertz CT molecular complexity index is 689. The molecular formula is C14H9N2O2. The molecule has 0 saturated heterocycles. The Morgan fingerprint density at radius 1 is 1.11 bits per heavy atom. The first kappa shape index (κ1) is 10.7. The van der Waals surface area contributed by atoms with Crippen molar-refractivity contribution in [2.24, 2.45) is 0 Å². The van der Waals surface area contributed by atoms with Crippen molar-refractivity contribution in [1.29, 1.82) is 0 Å². The van der Waals surface area contributed by atoms with Crippen LogP contribution in [0.2, 0.25) is 0 Å². The largest absolute Gasteiger partial charge is 0.289 e. The van der Waals surface area contributed by atoms with Gasteiger partial charge < -0.3 is 0 Å². The summed E-state index contributed by atoms with van der Waals surface area (Å²) in [5.74, 6) is -1.56. The van der Waals surface area contributed by atoms with E-state index in [9.17, 15) is 9.90 Å². The minimum absolute atomic E-state index is 0.456. The first-order chi connectivity index (χ1) is 8.75. The molecule has 1 radical (unpaired) electrons. The highest BCUT2D eigenvalue weighted by Gasteiger charge is 2.26. The molecule has 87 valence electrons. The number of carbonyl (C=O) groups is 1. The summed E-state index contributed by atoms with van der Waals surface area (Å²) in [4.78, 5) is 20.4. The minimum atomic E-state index is -0.611. The number of benzene rings is 1. The summed E-state index contributed by atoms with van der Waals surface area (Å²) in [6.07, 6.45) is 6.08. The van der Waals surface area contributed by atoms with Gasteiger partial charge in [0.2, 0.25) is 11.5 Å². The van der Waals surface area contributed by atoms with Gasteiger partial charge in [-0.2, -0.15) is 0 Å². The lowest BCUT2D eigenvalue weighted by Crippen LogP contribution is -2.16. The monoisotopic (exact) mass is 237 g/mol. The molecule has 3 rings (SSSR count). The minimum Gasteiger partial charge on any atom is -0.289 e. The third-order valence-corrected chi connectivity index (χ3v) is 2.86. The molecule has 1 unspecified atom stereocenters. The van der Waals surface area contributed by atoms with Crippen molar-refractivity contribution in [2.75, 3.05) is 0 Å². The van der Waals surface area contributed by atoms with E-state index in [0.29, 0.717) is 5.69 Å². The topological polar surface area (TPSA) is 62.8 Å². The van der Waals surface area contributed by atoms with E-state index in [2.05, 4.69) is 9.97 Å². The number of Topliss-reactive ketones (excluding diaryl/α,β-unsaturated/α-hetero) is 1. The van der Waals surface area contributed by atoms with Crippen molar-refractivity contribution < 1.29 is 9.90 Å². The van der Waals surface area contributed by atoms with E-state index in [1.807, 2.05) is 24.3 Å². The molecule has 1 aliphatic carbocycles. The van der Waals surface area contributed by atoms with E-state index in [1.54, 1.807) is 18.3 Å². The molecule has 0 bridgehead atoms. The second-order valence-corrected chi connectivity index (χ2v) is 4.04. The normalized spacial score (nSPS) is 19.0. The van der Waals surface area contributed by atoms with Gasteiger partial charge in [0.25, 0.3) is 0 Å². The summed E-state index contributed by atoms with van der Waals surface area (Å²) < 4.78 is 0. The maximum absolute atomic E-state index is 11.8. The van der Waals surface area contributed by atoms with Crippen LogP contribution >= 0.6 is 0 Å². The van der Waals surface area contributed by atoms with Gasteiger partial charge in [-0.15, -0.1) is 0 Å². The molecule has 2 aromatic rings. The van der Waals surface area contributed by atoms with Crippen molar-refractivity contribution in [3.8, 4) is 0 Å². The van der Waals surface area contributed by atoms with Crippen molar-refractivity contribution in [2.45, 2.75) is 5.92 Å². The molecule has 0 amide bonds. The summed E-state index contributed by atoms with van der Waals surface area (Å²) in [5, 5.41) is 11.3. The first-order valence-electron chi connectivity index (χ1n) is 5.57. The van der Waals surface area contributed by atoms with E-state index in [4.69, 9.17) is 0 Å². The zero-order chi connectivity index (χ0) is 12.5. The fourth-order valence-electron chi connectivity index (χ4n) is 1.93. The second-order valence-electron chi connectivity index (χ2n) is 4.04. The zero-order valence-electron chi connectivity index (χ0n) is 9.41. The molecule has 1 aromatic heterocycles. The van der Waals surface area contributed by atoms with Gasteiger partial charge >= 0.3 is 0 Å². The highest BCUT2D eigenvalue weighted by Crippen LogP contribution is 2.23. The number of fused-ring (bicyclic) bond motifs is 1. The van der Waals surface area contributed by atoms with Gasteiger partial charge in [-0.3, -0.25) is 14.9 Å². The van der Waals surface area contributed by atoms with E-state index in [0.717, 1.165) is 11.0 Å². The number of nitrogens with zero attached hydrogens (tertiary/aromatic N) is 2. The zero-order valence-corrected chi connectivity index (χ0v) is 9.41. The third kappa shape index (κ3) is 1.68. The number of aromatic nitrogens is 2. The van der Waals surface area contributed by atoms with Gasteiger partial charge in [0.1, 0.15) is 0 Å². The van der Waals surface area contributed by atoms with Gasteiger partial charge in [-0.1, -0.05) is 24.3 Å². The predicted molar refractivity (Wildman–Crippen MR) is 65.2 cm³/mol. The Labute approximate surface area is 103 Å². The summed E-state index contributed by atoms with van der Waals surface area (Å²) in [7, 11) is 0. The van der Waals surface area contributed by atoms with Crippen LogP contribution in [0, 0.1) is 0 Å². The van der Waals surface area contributed by atoms with Crippen molar-refractivity contribution in [1.82, 2.24) is 9.97 Å². The van der Waals surface area contributed by atoms with E-state index < -0.39 is 17.5 Å². The summed E-state index contributed by atoms with van der Waals surface area (Å²) in [6, 6.07) is 7.42. The van der Waals surface area contributed by atoms with Gasteiger partial charge in [0, 0.05) is 0 Å². The average Bonchev–Trinajstić information content (AvgIpc) is 2.41. The fourth-order valence-corrected chi connectivity index (χ4v) is 1.93.